The number of benzene rings is 3. The fourth-order valence-corrected chi connectivity index (χ4v) is 6.98. The van der Waals surface area contributed by atoms with Crippen molar-refractivity contribution in [2.75, 3.05) is 23.7 Å². The van der Waals surface area contributed by atoms with Gasteiger partial charge in [-0.1, -0.05) is 41.4 Å². The van der Waals surface area contributed by atoms with Crippen molar-refractivity contribution in [3.63, 3.8) is 0 Å². The molecule has 1 atom stereocenters. The number of nitrogens with two attached hydrogens (primary N) is 1. The van der Waals surface area contributed by atoms with Gasteiger partial charge in [-0.05, 0) is 80.6 Å². The number of likely N-dealkylation sites (tertiary alicyclic amines) is 1. The molecule has 3 heterocycles. The lowest BCUT2D eigenvalue weighted by atomic mass is 9.95. The molecule has 0 saturated carbocycles. The molecule has 12 heteroatoms. The normalized spacial score (nSPS) is 16.3. The van der Waals surface area contributed by atoms with Crippen molar-refractivity contribution in [3.05, 3.63) is 105 Å². The molecule has 4 aromatic rings. The second kappa shape index (κ2) is 14.2. The third kappa shape index (κ3) is 7.16. The van der Waals surface area contributed by atoms with E-state index in [9.17, 15) is 9.65 Å². The fourth-order valence-electron chi connectivity index (χ4n) is 6.53. The van der Waals surface area contributed by atoms with Crippen LogP contribution in [-0.4, -0.2) is 34.6 Å². The number of hydrazine groups is 1. The highest BCUT2D eigenvalue weighted by Gasteiger charge is 2.28. The second-order valence-corrected chi connectivity index (χ2v) is 14.1. The zero-order valence-electron chi connectivity index (χ0n) is 27.2. The number of hydrogen-bond donors (Lipinski definition) is 6. The summed E-state index contributed by atoms with van der Waals surface area (Å²) in [4.78, 5) is 7.01. The summed E-state index contributed by atoms with van der Waals surface area (Å²) >= 11 is 12.9. The summed E-state index contributed by atoms with van der Waals surface area (Å²) in [5.41, 5.74) is 9.89. The van der Waals surface area contributed by atoms with Crippen LogP contribution >= 0.6 is 23.2 Å². The molecule has 7 N–H and O–H groups in total. The Hall–Kier alpha value is -4.11. The number of nitriles is 1. The predicted octanol–water partition coefficient (Wildman–Crippen LogP) is 7.21. The van der Waals surface area contributed by atoms with Gasteiger partial charge in [-0.25, -0.2) is 4.39 Å². The topological polar surface area (TPSA) is 126 Å². The summed E-state index contributed by atoms with van der Waals surface area (Å²) in [5.74, 6) is 5.72. The van der Waals surface area contributed by atoms with Gasteiger partial charge in [-0.3, -0.25) is 15.7 Å². The first-order valence-corrected chi connectivity index (χ1v) is 16.8. The molecule has 1 fully saturated rings. The maximum atomic E-state index is 13.9. The zero-order valence-corrected chi connectivity index (χ0v) is 28.7. The lowest BCUT2D eigenvalue weighted by Gasteiger charge is -2.41. The third-order valence-corrected chi connectivity index (χ3v) is 9.76. The van der Waals surface area contributed by atoms with Gasteiger partial charge >= 0.3 is 0 Å². The van der Waals surface area contributed by atoms with Crippen molar-refractivity contribution in [2.45, 2.75) is 64.3 Å². The van der Waals surface area contributed by atoms with Gasteiger partial charge < -0.3 is 26.7 Å². The molecule has 0 amide bonds. The molecule has 0 aliphatic carbocycles. The van der Waals surface area contributed by atoms with Crippen molar-refractivity contribution in [2.24, 2.45) is 5.84 Å². The molecule has 6 rings (SSSR count). The molecule has 0 bridgehead atoms. The van der Waals surface area contributed by atoms with E-state index < -0.39 is 5.82 Å². The van der Waals surface area contributed by atoms with Crippen LogP contribution < -0.4 is 32.5 Å². The van der Waals surface area contributed by atoms with Crippen LogP contribution in [0.5, 0.6) is 0 Å². The Kier molecular flexibility index (Phi) is 9.97. The maximum absolute atomic E-state index is 13.9. The molecule has 1 saturated heterocycles. The highest BCUT2D eigenvalue weighted by Crippen LogP contribution is 2.38. The van der Waals surface area contributed by atoms with E-state index in [1.54, 1.807) is 6.07 Å². The Balaban J connectivity index is 1.37. The highest BCUT2D eigenvalue weighted by molar-refractivity contribution is 6.36. The van der Waals surface area contributed by atoms with Gasteiger partial charge in [0.05, 0.1) is 38.6 Å². The SMILES string of the molecule is CC(C)(C)N1CCC(N/C=C(\NN)[C@@H](Nc2cc(Cl)c3ncc(C#N)c(Nc4ccc(F)c(Cl)c4)c3c2)c2cccc3c2CNC3)CC1. The molecule has 250 valence electrons. The van der Waals surface area contributed by atoms with Crippen LogP contribution in [0.3, 0.4) is 0 Å². The van der Waals surface area contributed by atoms with E-state index in [0.29, 0.717) is 44.6 Å². The summed E-state index contributed by atoms with van der Waals surface area (Å²) in [7, 11) is 0. The number of halogens is 3. The number of piperidine rings is 1. The number of aromatic nitrogens is 1. The van der Waals surface area contributed by atoms with Crippen LogP contribution in [0.25, 0.3) is 10.9 Å². The minimum Gasteiger partial charge on any atom is -0.387 e. The van der Waals surface area contributed by atoms with Gasteiger partial charge in [0.25, 0.3) is 0 Å². The van der Waals surface area contributed by atoms with E-state index in [2.05, 4.69) is 81.6 Å². The van der Waals surface area contributed by atoms with Crippen molar-refractivity contribution < 1.29 is 4.39 Å². The summed E-state index contributed by atoms with van der Waals surface area (Å²) in [6, 6.07) is 16.5. The number of hydrogen-bond acceptors (Lipinski definition) is 9. The molecule has 0 spiro atoms. The Morgan fingerprint density at radius 3 is 2.58 bits per heavy atom. The third-order valence-electron chi connectivity index (χ3n) is 9.18. The van der Waals surface area contributed by atoms with Gasteiger partial charge in [-0.15, -0.1) is 0 Å². The molecule has 2 aliphatic rings. The van der Waals surface area contributed by atoms with Crippen LogP contribution in [0.1, 0.15) is 61.9 Å². The lowest BCUT2D eigenvalue weighted by Crippen LogP contribution is -2.49. The first-order valence-electron chi connectivity index (χ1n) is 16.1. The van der Waals surface area contributed by atoms with Crippen molar-refractivity contribution in [1.29, 1.82) is 5.26 Å². The van der Waals surface area contributed by atoms with Crippen LogP contribution in [0.2, 0.25) is 10.0 Å². The van der Waals surface area contributed by atoms with Gasteiger partial charge in [-0.2, -0.15) is 5.26 Å². The van der Waals surface area contributed by atoms with E-state index in [0.717, 1.165) is 50.3 Å². The summed E-state index contributed by atoms with van der Waals surface area (Å²) in [6.45, 7) is 10.4. The van der Waals surface area contributed by atoms with Gasteiger partial charge in [0, 0.05) is 66.9 Å². The van der Waals surface area contributed by atoms with Crippen molar-refractivity contribution in [1.82, 2.24) is 25.9 Å². The first kappa shape index (κ1) is 33.8. The second-order valence-electron chi connectivity index (χ2n) is 13.3. The average Bonchev–Trinajstić information content (AvgIpc) is 3.56. The van der Waals surface area contributed by atoms with Gasteiger partial charge in [0.15, 0.2) is 0 Å². The fraction of sp³-hybridized carbons (Fsp3) is 0.333. The summed E-state index contributed by atoms with van der Waals surface area (Å²) in [5, 5.41) is 25.0. The van der Waals surface area contributed by atoms with Crippen LogP contribution in [0, 0.1) is 17.1 Å². The van der Waals surface area contributed by atoms with E-state index in [4.69, 9.17) is 29.0 Å². The minimum atomic E-state index is -0.535. The molecule has 9 nitrogen and oxygen atoms in total. The van der Waals surface area contributed by atoms with Gasteiger partial charge in [0.1, 0.15) is 11.9 Å². The van der Waals surface area contributed by atoms with E-state index >= 15 is 0 Å². The smallest absolute Gasteiger partial charge is 0.141 e. The molecular weight excluding hydrogens is 648 g/mol. The summed E-state index contributed by atoms with van der Waals surface area (Å²) in [6.07, 6.45) is 5.50. The molecule has 3 aromatic carbocycles. The number of rotatable bonds is 9. The molecule has 0 radical (unpaired) electrons. The minimum absolute atomic E-state index is 0.0352. The van der Waals surface area contributed by atoms with Crippen molar-refractivity contribution >= 4 is 51.2 Å². The number of anilines is 3. The Morgan fingerprint density at radius 1 is 1.10 bits per heavy atom. The maximum Gasteiger partial charge on any atom is 0.141 e. The molecule has 48 heavy (non-hydrogen) atoms. The molecule has 0 unspecified atom stereocenters. The highest BCUT2D eigenvalue weighted by atomic mass is 35.5. The Morgan fingerprint density at radius 2 is 1.88 bits per heavy atom. The standard InChI is InChI=1S/C36H40Cl2FN9/c1-36(2,3)48-11-9-23(10-12-48)43-20-32(47-41)35(26-6-4-5-21-17-42-19-28(21)26)46-25-13-27-33(45-24-7-8-31(39)29(37)14-24)22(16-40)18-44-34(27)30(38)15-25/h4-8,13-15,18,20,23,35,42-43,46-47H,9-12,17,19,41H2,1-3H3,(H,44,45)/b32-20-/t35-/m0/s1. The summed E-state index contributed by atoms with van der Waals surface area (Å²) < 4.78 is 13.9. The number of fused-ring (bicyclic) bond motifs is 2. The zero-order chi connectivity index (χ0) is 34.0. The molecule has 2 aliphatic heterocycles. The largest absolute Gasteiger partial charge is 0.387 e. The quantitative estimate of drug-likeness (QED) is 0.0800. The monoisotopic (exact) mass is 687 g/mol. The van der Waals surface area contributed by atoms with Crippen LogP contribution in [0.4, 0.5) is 21.5 Å². The number of nitrogens with one attached hydrogen (secondary N) is 5. The van der Waals surface area contributed by atoms with E-state index in [1.165, 1.54) is 29.5 Å². The van der Waals surface area contributed by atoms with Crippen molar-refractivity contribution in [3.8, 4) is 6.07 Å². The number of nitrogens with zero attached hydrogens (tertiary/aromatic N) is 3. The molecule has 1 aromatic heterocycles. The number of pyridine rings is 1. The molecular formula is C36H40Cl2FN9. The van der Waals surface area contributed by atoms with Gasteiger partial charge in [0.2, 0.25) is 0 Å². The van der Waals surface area contributed by atoms with E-state index in [1.807, 2.05) is 18.3 Å². The Labute approximate surface area is 290 Å². The van der Waals surface area contributed by atoms with Crippen LogP contribution in [-0.2, 0) is 13.1 Å². The predicted molar refractivity (Wildman–Crippen MR) is 192 cm³/mol. The average molecular weight is 689 g/mol. The van der Waals surface area contributed by atoms with Crippen LogP contribution in [0.15, 0.2) is 66.6 Å². The van der Waals surface area contributed by atoms with E-state index in [-0.39, 0.29) is 16.6 Å². The Bertz CT molecular complexity index is 1890. The lowest BCUT2D eigenvalue weighted by molar-refractivity contribution is 0.0988. The first-order chi connectivity index (χ1) is 23.0.